The van der Waals surface area contributed by atoms with E-state index in [1.807, 2.05) is 0 Å². The van der Waals surface area contributed by atoms with Gasteiger partial charge in [0.25, 0.3) is 0 Å². The van der Waals surface area contributed by atoms with Crippen LogP contribution in [-0.4, -0.2) is 24.0 Å². The molecule has 0 amide bonds. The van der Waals surface area contributed by atoms with Gasteiger partial charge in [-0.1, -0.05) is 23.7 Å². The first-order chi connectivity index (χ1) is 11.2. The Labute approximate surface area is 143 Å². The summed E-state index contributed by atoms with van der Waals surface area (Å²) in [5.74, 6) is -2.11. The molecule has 1 saturated carbocycles. The first kappa shape index (κ1) is 18.8. The third-order valence-electron chi connectivity index (χ3n) is 4.50. The molecule has 0 spiro atoms. The van der Waals surface area contributed by atoms with Gasteiger partial charge < -0.3 is 4.74 Å². The van der Waals surface area contributed by atoms with Gasteiger partial charge in [-0.3, -0.25) is 9.59 Å². The van der Waals surface area contributed by atoms with Crippen molar-refractivity contribution >= 4 is 23.9 Å². The summed E-state index contributed by atoms with van der Waals surface area (Å²) in [6.45, 7) is 1.79. The Bertz CT molecular complexity index is 600. The Balaban J connectivity index is 2.03. The Morgan fingerprint density at radius 2 is 2.00 bits per heavy atom. The molecular formula is C17H18ClF3O3. The van der Waals surface area contributed by atoms with Crippen LogP contribution >= 0.6 is 11.6 Å². The van der Waals surface area contributed by atoms with E-state index in [9.17, 15) is 22.8 Å². The summed E-state index contributed by atoms with van der Waals surface area (Å²) in [5, 5.41) is 0.410. The van der Waals surface area contributed by atoms with E-state index in [1.165, 1.54) is 0 Å². The van der Waals surface area contributed by atoms with Crippen LogP contribution in [0.5, 0.6) is 0 Å². The number of hydrogen-bond acceptors (Lipinski definition) is 3. The van der Waals surface area contributed by atoms with Crippen LogP contribution in [0.1, 0.15) is 36.8 Å². The fourth-order valence-corrected chi connectivity index (χ4v) is 3.26. The topological polar surface area (TPSA) is 43.4 Å². The molecule has 0 aromatic heterocycles. The zero-order valence-electron chi connectivity index (χ0n) is 13.2. The molecule has 7 heteroatoms. The summed E-state index contributed by atoms with van der Waals surface area (Å²) in [6, 6.07) is 5.18. The van der Waals surface area contributed by atoms with Crippen molar-refractivity contribution in [1.29, 1.82) is 0 Å². The molecule has 0 unspecified atom stereocenters. The van der Waals surface area contributed by atoms with Gasteiger partial charge in [-0.05, 0) is 49.8 Å². The number of ether oxygens (including phenoxy) is 1. The fraction of sp³-hybridized carbons (Fsp3) is 0.529. The van der Waals surface area contributed by atoms with Crippen molar-refractivity contribution in [1.82, 2.24) is 0 Å². The van der Waals surface area contributed by atoms with Gasteiger partial charge in [0.1, 0.15) is 0 Å². The summed E-state index contributed by atoms with van der Waals surface area (Å²) in [6.07, 6.45) is -4.63. The van der Waals surface area contributed by atoms with Crippen molar-refractivity contribution in [2.24, 2.45) is 5.92 Å². The highest BCUT2D eigenvalue weighted by atomic mass is 35.5. The Morgan fingerprint density at radius 3 is 2.50 bits per heavy atom. The monoisotopic (exact) mass is 362 g/mol. The van der Waals surface area contributed by atoms with Gasteiger partial charge in [0.05, 0.1) is 12.3 Å². The number of esters is 1. The summed E-state index contributed by atoms with van der Waals surface area (Å²) in [7, 11) is 0. The molecule has 0 N–H and O–H groups in total. The quantitative estimate of drug-likeness (QED) is 0.588. The van der Waals surface area contributed by atoms with Crippen molar-refractivity contribution in [3.63, 3.8) is 0 Å². The number of carbonyl (C=O) groups is 2. The molecule has 1 fully saturated rings. The molecule has 2 rings (SSSR count). The van der Waals surface area contributed by atoms with Gasteiger partial charge >= 0.3 is 12.1 Å². The van der Waals surface area contributed by atoms with Crippen molar-refractivity contribution in [3.05, 3.63) is 34.3 Å². The van der Waals surface area contributed by atoms with Gasteiger partial charge in [-0.15, -0.1) is 0 Å². The van der Waals surface area contributed by atoms with Crippen LogP contribution in [0.15, 0.2) is 18.2 Å². The summed E-state index contributed by atoms with van der Waals surface area (Å²) in [4.78, 5) is 23.5. The number of aldehydes is 1. The van der Waals surface area contributed by atoms with Crippen LogP contribution in [0, 0.1) is 12.8 Å². The van der Waals surface area contributed by atoms with Gasteiger partial charge in [0, 0.05) is 5.02 Å². The number of hydrogen-bond donors (Lipinski definition) is 0. The number of rotatable bonds is 4. The summed E-state index contributed by atoms with van der Waals surface area (Å²) < 4.78 is 43.4. The van der Waals surface area contributed by atoms with E-state index in [2.05, 4.69) is 0 Å². The molecular weight excluding hydrogens is 345 g/mol. The molecule has 1 aliphatic rings. The molecule has 132 valence electrons. The lowest BCUT2D eigenvalue weighted by Gasteiger charge is -2.36. The van der Waals surface area contributed by atoms with E-state index in [1.54, 1.807) is 25.1 Å². The summed E-state index contributed by atoms with van der Waals surface area (Å²) in [5.41, 5.74) is -0.0665. The minimum absolute atomic E-state index is 0.117. The number of halogens is 4. The maximum Gasteiger partial charge on any atom is 0.391 e. The highest BCUT2D eigenvalue weighted by molar-refractivity contribution is 6.31. The van der Waals surface area contributed by atoms with E-state index in [0.717, 1.165) is 5.56 Å². The average molecular weight is 363 g/mol. The number of benzene rings is 1. The predicted octanol–water partition coefficient (Wildman–Crippen LogP) is 4.42. The third kappa shape index (κ3) is 4.29. The van der Waals surface area contributed by atoms with Crippen LogP contribution in [0.2, 0.25) is 5.02 Å². The molecule has 24 heavy (non-hydrogen) atoms. The zero-order chi connectivity index (χ0) is 18.0. The highest BCUT2D eigenvalue weighted by Gasteiger charge is 2.47. The number of carbonyl (C=O) groups excluding carboxylic acids is 2. The molecule has 3 nitrogen and oxygen atoms in total. The molecule has 0 aliphatic heterocycles. The lowest BCUT2D eigenvalue weighted by Crippen LogP contribution is -2.43. The Hall–Kier alpha value is -1.56. The third-order valence-corrected chi connectivity index (χ3v) is 4.86. The van der Waals surface area contributed by atoms with Crippen LogP contribution in [0.25, 0.3) is 0 Å². The molecule has 1 aromatic rings. The van der Waals surface area contributed by atoms with E-state index < -0.39 is 23.7 Å². The second-order valence-electron chi connectivity index (χ2n) is 6.18. The van der Waals surface area contributed by atoms with E-state index in [0.29, 0.717) is 16.9 Å². The standard InChI is InChI=1S/C17H18ClF3O3/c1-11-3-2-4-14(18)13(11)9-15(23)24-16(10-22)7-5-12(6-8-16)17(19,20)21/h2-4,10,12H,5-9H2,1H3. The first-order valence-corrected chi connectivity index (χ1v) is 8.03. The van der Waals surface area contributed by atoms with Gasteiger partial charge in [0.15, 0.2) is 11.9 Å². The predicted molar refractivity (Wildman–Crippen MR) is 82.8 cm³/mol. The number of aryl methyl sites for hydroxylation is 1. The summed E-state index contributed by atoms with van der Waals surface area (Å²) >= 11 is 6.05. The van der Waals surface area contributed by atoms with E-state index in [-0.39, 0.29) is 32.1 Å². The Kier molecular flexibility index (Phi) is 5.58. The molecule has 0 atom stereocenters. The molecule has 0 bridgehead atoms. The molecule has 0 radical (unpaired) electrons. The zero-order valence-corrected chi connectivity index (χ0v) is 13.9. The van der Waals surface area contributed by atoms with Crippen LogP contribution in [0.4, 0.5) is 13.2 Å². The fourth-order valence-electron chi connectivity index (χ4n) is 2.98. The maximum atomic E-state index is 12.7. The second kappa shape index (κ2) is 7.13. The lowest BCUT2D eigenvalue weighted by molar-refractivity contribution is -0.197. The molecule has 0 heterocycles. The highest BCUT2D eigenvalue weighted by Crippen LogP contribution is 2.42. The van der Waals surface area contributed by atoms with Crippen molar-refractivity contribution in [2.75, 3.05) is 0 Å². The van der Waals surface area contributed by atoms with E-state index >= 15 is 0 Å². The smallest absolute Gasteiger partial charge is 0.391 e. The first-order valence-electron chi connectivity index (χ1n) is 7.66. The van der Waals surface area contributed by atoms with Crippen molar-refractivity contribution in [3.8, 4) is 0 Å². The van der Waals surface area contributed by atoms with Crippen LogP contribution < -0.4 is 0 Å². The average Bonchev–Trinajstić information content (AvgIpc) is 2.50. The normalized spacial score (nSPS) is 24.5. The molecule has 0 saturated heterocycles. The van der Waals surface area contributed by atoms with Gasteiger partial charge in [-0.25, -0.2) is 0 Å². The van der Waals surface area contributed by atoms with Crippen molar-refractivity contribution in [2.45, 2.75) is 50.8 Å². The van der Waals surface area contributed by atoms with Crippen LogP contribution in [0.3, 0.4) is 0 Å². The maximum absolute atomic E-state index is 12.7. The minimum Gasteiger partial charge on any atom is -0.451 e. The largest absolute Gasteiger partial charge is 0.451 e. The van der Waals surface area contributed by atoms with E-state index in [4.69, 9.17) is 16.3 Å². The van der Waals surface area contributed by atoms with Gasteiger partial charge in [0.2, 0.25) is 0 Å². The molecule has 1 aromatic carbocycles. The second-order valence-corrected chi connectivity index (χ2v) is 6.59. The van der Waals surface area contributed by atoms with Gasteiger partial charge in [-0.2, -0.15) is 13.2 Å². The van der Waals surface area contributed by atoms with Crippen molar-refractivity contribution < 1.29 is 27.5 Å². The molecule has 1 aliphatic carbocycles. The Morgan fingerprint density at radius 1 is 1.38 bits per heavy atom. The number of alkyl halides is 3. The minimum atomic E-state index is -4.28. The van der Waals surface area contributed by atoms with Crippen LogP contribution in [-0.2, 0) is 20.7 Å². The SMILES string of the molecule is Cc1cccc(Cl)c1CC(=O)OC1(C=O)CCC(C(F)(F)F)CC1. The lowest BCUT2D eigenvalue weighted by atomic mass is 9.79.